The molecule has 0 saturated carbocycles. The molecule has 0 bridgehead atoms. The number of aromatic nitrogens is 3. The lowest BCUT2D eigenvalue weighted by Gasteiger charge is -2.20. The van der Waals surface area contributed by atoms with E-state index in [2.05, 4.69) is 22.4 Å². The lowest BCUT2D eigenvalue weighted by Crippen LogP contribution is -2.41. The number of thioether (sulfide) groups is 1. The molecule has 0 unspecified atom stereocenters. The highest BCUT2D eigenvalue weighted by atomic mass is 32.2. The van der Waals surface area contributed by atoms with E-state index in [4.69, 9.17) is 0 Å². The van der Waals surface area contributed by atoms with E-state index < -0.39 is 0 Å². The predicted molar refractivity (Wildman–Crippen MR) is 89.8 cm³/mol. The summed E-state index contributed by atoms with van der Waals surface area (Å²) in [6, 6.07) is 9.96. The Hall–Kier alpha value is -1.82. The van der Waals surface area contributed by atoms with Crippen molar-refractivity contribution in [2.45, 2.75) is 44.9 Å². The maximum absolute atomic E-state index is 11.9. The number of nitrogens with one attached hydrogen (secondary N) is 1. The largest absolute Gasteiger partial charge is 0.351 e. The highest BCUT2D eigenvalue weighted by Gasteiger charge is 2.17. The van der Waals surface area contributed by atoms with Crippen molar-refractivity contribution >= 4 is 17.7 Å². The number of hydrogen-bond donors (Lipinski definition) is 1. The third-order valence-electron chi connectivity index (χ3n) is 2.91. The van der Waals surface area contributed by atoms with Gasteiger partial charge in [-0.15, -0.1) is 10.2 Å². The SMILES string of the molecule is CCn1c(SCC(=O)NC(C)(C)C)nnc1-c1ccccc1. The van der Waals surface area contributed by atoms with Crippen molar-refractivity contribution in [2.24, 2.45) is 0 Å². The first-order valence-corrected chi connectivity index (χ1v) is 8.31. The van der Waals surface area contributed by atoms with Crippen molar-refractivity contribution in [3.05, 3.63) is 30.3 Å². The highest BCUT2D eigenvalue weighted by Crippen LogP contribution is 2.23. The zero-order chi connectivity index (χ0) is 16.2. The Morgan fingerprint density at radius 1 is 1.23 bits per heavy atom. The Balaban J connectivity index is 2.10. The molecule has 0 radical (unpaired) electrons. The van der Waals surface area contributed by atoms with E-state index in [1.807, 2.05) is 55.7 Å². The summed E-state index contributed by atoms with van der Waals surface area (Å²) >= 11 is 1.41. The van der Waals surface area contributed by atoms with Gasteiger partial charge in [0, 0.05) is 17.6 Å². The van der Waals surface area contributed by atoms with Crippen LogP contribution in [0.2, 0.25) is 0 Å². The van der Waals surface area contributed by atoms with Gasteiger partial charge < -0.3 is 9.88 Å². The Morgan fingerprint density at radius 3 is 2.50 bits per heavy atom. The van der Waals surface area contributed by atoms with Crippen molar-refractivity contribution in [3.8, 4) is 11.4 Å². The molecule has 2 aromatic rings. The summed E-state index contributed by atoms with van der Waals surface area (Å²) in [6.45, 7) is 8.72. The fourth-order valence-corrected chi connectivity index (χ4v) is 2.87. The van der Waals surface area contributed by atoms with Gasteiger partial charge in [-0.3, -0.25) is 4.79 Å². The molecule has 0 atom stereocenters. The average Bonchev–Trinajstić information content (AvgIpc) is 2.87. The standard InChI is InChI=1S/C16H22N4OS/c1-5-20-14(12-9-7-6-8-10-12)18-19-15(20)22-11-13(21)17-16(2,3)4/h6-10H,5,11H2,1-4H3,(H,17,21). The van der Waals surface area contributed by atoms with Crippen molar-refractivity contribution in [1.29, 1.82) is 0 Å². The molecule has 1 amide bonds. The fraction of sp³-hybridized carbons (Fsp3) is 0.438. The molecule has 6 heteroatoms. The summed E-state index contributed by atoms with van der Waals surface area (Å²) in [5.74, 6) is 1.18. The molecular formula is C16H22N4OS. The van der Waals surface area contributed by atoms with Gasteiger partial charge >= 0.3 is 0 Å². The minimum atomic E-state index is -0.217. The van der Waals surface area contributed by atoms with Gasteiger partial charge in [0.2, 0.25) is 5.91 Å². The van der Waals surface area contributed by atoms with E-state index in [0.717, 1.165) is 23.1 Å². The molecule has 1 N–H and O–H groups in total. The number of benzene rings is 1. The van der Waals surface area contributed by atoms with Crippen LogP contribution >= 0.6 is 11.8 Å². The van der Waals surface area contributed by atoms with Crippen LogP contribution in [0.1, 0.15) is 27.7 Å². The van der Waals surface area contributed by atoms with Gasteiger partial charge in [-0.1, -0.05) is 42.1 Å². The maximum Gasteiger partial charge on any atom is 0.230 e. The van der Waals surface area contributed by atoms with Gasteiger partial charge in [0.15, 0.2) is 11.0 Å². The van der Waals surface area contributed by atoms with Crippen LogP contribution in [-0.2, 0) is 11.3 Å². The second-order valence-corrected chi connectivity index (χ2v) is 6.95. The van der Waals surface area contributed by atoms with Crippen LogP contribution in [0.4, 0.5) is 0 Å². The topological polar surface area (TPSA) is 59.8 Å². The fourth-order valence-electron chi connectivity index (χ4n) is 2.07. The molecule has 0 aliphatic rings. The van der Waals surface area contributed by atoms with Crippen molar-refractivity contribution in [3.63, 3.8) is 0 Å². The first kappa shape index (κ1) is 16.5. The molecule has 118 valence electrons. The normalized spacial score (nSPS) is 11.5. The van der Waals surface area contributed by atoms with Gasteiger partial charge in [0.1, 0.15) is 0 Å². The summed E-state index contributed by atoms with van der Waals surface area (Å²) in [4.78, 5) is 11.9. The van der Waals surface area contributed by atoms with Crippen molar-refractivity contribution < 1.29 is 4.79 Å². The Bertz CT molecular complexity index is 631. The number of carbonyl (C=O) groups excluding carboxylic acids is 1. The summed E-state index contributed by atoms with van der Waals surface area (Å²) in [5.41, 5.74) is 0.813. The Morgan fingerprint density at radius 2 is 1.91 bits per heavy atom. The molecule has 1 heterocycles. The first-order valence-electron chi connectivity index (χ1n) is 7.33. The molecule has 22 heavy (non-hydrogen) atoms. The number of nitrogens with zero attached hydrogens (tertiary/aromatic N) is 3. The predicted octanol–water partition coefficient (Wildman–Crippen LogP) is 2.97. The average molecular weight is 318 g/mol. The van der Waals surface area contributed by atoms with Gasteiger partial charge in [-0.05, 0) is 27.7 Å². The molecule has 0 saturated heterocycles. The molecule has 0 spiro atoms. The van der Waals surface area contributed by atoms with Crippen molar-refractivity contribution in [1.82, 2.24) is 20.1 Å². The lowest BCUT2D eigenvalue weighted by atomic mass is 10.1. The molecule has 5 nitrogen and oxygen atoms in total. The van der Waals surface area contributed by atoms with E-state index in [0.29, 0.717) is 5.75 Å². The maximum atomic E-state index is 11.9. The summed E-state index contributed by atoms with van der Waals surface area (Å²) < 4.78 is 2.03. The number of rotatable bonds is 5. The third-order valence-corrected chi connectivity index (χ3v) is 3.88. The monoisotopic (exact) mass is 318 g/mol. The van der Waals surface area contributed by atoms with Crippen LogP contribution in [0, 0.1) is 0 Å². The van der Waals surface area contributed by atoms with Crippen molar-refractivity contribution in [2.75, 3.05) is 5.75 Å². The lowest BCUT2D eigenvalue weighted by molar-refractivity contribution is -0.119. The second kappa shape index (κ2) is 6.96. The van der Waals surface area contributed by atoms with E-state index in [9.17, 15) is 4.79 Å². The molecular weight excluding hydrogens is 296 g/mol. The minimum Gasteiger partial charge on any atom is -0.351 e. The molecule has 0 aliphatic heterocycles. The molecule has 1 aromatic heterocycles. The van der Waals surface area contributed by atoms with Crippen LogP contribution in [0.15, 0.2) is 35.5 Å². The zero-order valence-electron chi connectivity index (χ0n) is 13.5. The number of hydrogen-bond acceptors (Lipinski definition) is 4. The van der Waals surface area contributed by atoms with Gasteiger partial charge in [0.05, 0.1) is 5.75 Å². The summed E-state index contributed by atoms with van der Waals surface area (Å²) in [6.07, 6.45) is 0. The highest BCUT2D eigenvalue weighted by molar-refractivity contribution is 7.99. The van der Waals surface area contributed by atoms with E-state index in [-0.39, 0.29) is 11.4 Å². The quantitative estimate of drug-likeness (QED) is 0.861. The van der Waals surface area contributed by atoms with Gasteiger partial charge in [0.25, 0.3) is 0 Å². The van der Waals surface area contributed by atoms with E-state index in [1.54, 1.807) is 0 Å². The van der Waals surface area contributed by atoms with Crippen LogP contribution in [0.3, 0.4) is 0 Å². The molecule has 0 aliphatic carbocycles. The van der Waals surface area contributed by atoms with E-state index >= 15 is 0 Å². The minimum absolute atomic E-state index is 0.00409. The summed E-state index contributed by atoms with van der Waals surface area (Å²) in [7, 11) is 0. The second-order valence-electron chi connectivity index (χ2n) is 6.00. The number of carbonyl (C=O) groups is 1. The molecule has 0 fully saturated rings. The first-order chi connectivity index (χ1) is 10.4. The number of amides is 1. The Labute approximate surface area is 135 Å². The smallest absolute Gasteiger partial charge is 0.230 e. The van der Waals surface area contributed by atoms with Crippen LogP contribution in [-0.4, -0.2) is 32.0 Å². The van der Waals surface area contributed by atoms with Crippen LogP contribution < -0.4 is 5.32 Å². The Kier molecular flexibility index (Phi) is 5.24. The van der Waals surface area contributed by atoms with Crippen LogP contribution in [0.5, 0.6) is 0 Å². The molecule has 1 aromatic carbocycles. The van der Waals surface area contributed by atoms with Crippen LogP contribution in [0.25, 0.3) is 11.4 Å². The van der Waals surface area contributed by atoms with E-state index in [1.165, 1.54) is 11.8 Å². The summed E-state index contributed by atoms with van der Waals surface area (Å²) in [5, 5.41) is 12.2. The molecule has 2 rings (SSSR count). The van der Waals surface area contributed by atoms with Gasteiger partial charge in [-0.25, -0.2) is 0 Å². The third kappa shape index (κ3) is 4.34. The zero-order valence-corrected chi connectivity index (χ0v) is 14.3. The van der Waals surface area contributed by atoms with Gasteiger partial charge in [-0.2, -0.15) is 0 Å².